The van der Waals surface area contributed by atoms with E-state index in [9.17, 15) is 13.2 Å². The van der Waals surface area contributed by atoms with Crippen LogP contribution in [0, 0.1) is 0 Å². The standard InChI is InChI=1S/C10H13ClF3N3/c1-6(2)9-15-7(11)4-8(16-9)17(3)5-10(12,13)14/h4,6H,5H2,1-3H3. The van der Waals surface area contributed by atoms with Crippen LogP contribution in [0.25, 0.3) is 0 Å². The monoisotopic (exact) mass is 267 g/mol. The molecule has 0 unspecified atom stereocenters. The second-order valence-electron chi connectivity index (χ2n) is 4.03. The average molecular weight is 268 g/mol. The molecular weight excluding hydrogens is 255 g/mol. The molecule has 3 nitrogen and oxygen atoms in total. The Morgan fingerprint density at radius 2 is 1.94 bits per heavy atom. The van der Waals surface area contributed by atoms with Crippen LogP contribution < -0.4 is 4.90 Å². The fraction of sp³-hybridized carbons (Fsp3) is 0.600. The van der Waals surface area contributed by atoms with Gasteiger partial charge in [-0.2, -0.15) is 13.2 Å². The summed E-state index contributed by atoms with van der Waals surface area (Å²) in [5, 5.41) is 0.146. The lowest BCUT2D eigenvalue weighted by atomic mass is 10.2. The number of halogens is 4. The third-order valence-electron chi connectivity index (χ3n) is 2.02. The van der Waals surface area contributed by atoms with Crippen LogP contribution in [0.1, 0.15) is 25.6 Å². The summed E-state index contributed by atoms with van der Waals surface area (Å²) in [4.78, 5) is 9.01. The van der Waals surface area contributed by atoms with E-state index in [1.54, 1.807) is 0 Å². The second-order valence-corrected chi connectivity index (χ2v) is 4.42. The van der Waals surface area contributed by atoms with Crippen molar-refractivity contribution in [3.8, 4) is 0 Å². The minimum absolute atomic E-state index is 0.00624. The minimum atomic E-state index is -4.27. The third kappa shape index (κ3) is 4.38. The first kappa shape index (κ1) is 14.0. The van der Waals surface area contributed by atoms with Crippen LogP contribution in [0.5, 0.6) is 0 Å². The van der Waals surface area contributed by atoms with Gasteiger partial charge in [-0.3, -0.25) is 0 Å². The number of hydrogen-bond donors (Lipinski definition) is 0. The molecular formula is C10H13ClF3N3. The van der Waals surface area contributed by atoms with Crippen molar-refractivity contribution in [2.45, 2.75) is 25.9 Å². The molecule has 0 atom stereocenters. The molecule has 0 amide bonds. The summed E-state index contributed by atoms with van der Waals surface area (Å²) in [7, 11) is 1.32. The second kappa shape index (κ2) is 5.08. The Balaban J connectivity index is 2.97. The molecule has 1 heterocycles. The SMILES string of the molecule is CC(C)c1nc(Cl)cc(N(C)CC(F)(F)F)n1. The van der Waals surface area contributed by atoms with Crippen molar-refractivity contribution in [2.75, 3.05) is 18.5 Å². The van der Waals surface area contributed by atoms with E-state index in [-0.39, 0.29) is 16.9 Å². The highest BCUT2D eigenvalue weighted by Gasteiger charge is 2.30. The Morgan fingerprint density at radius 3 is 2.41 bits per heavy atom. The number of rotatable bonds is 3. The number of aromatic nitrogens is 2. The molecule has 0 N–H and O–H groups in total. The Hall–Kier alpha value is -1.04. The summed E-state index contributed by atoms with van der Waals surface area (Å²) in [6, 6.07) is 1.32. The van der Waals surface area contributed by atoms with Crippen LogP contribution in [-0.2, 0) is 0 Å². The van der Waals surface area contributed by atoms with Gasteiger partial charge in [0, 0.05) is 19.0 Å². The zero-order chi connectivity index (χ0) is 13.2. The van der Waals surface area contributed by atoms with Gasteiger partial charge in [0.25, 0.3) is 0 Å². The van der Waals surface area contributed by atoms with E-state index >= 15 is 0 Å². The average Bonchev–Trinajstić information content (AvgIpc) is 2.13. The van der Waals surface area contributed by atoms with Crippen molar-refractivity contribution in [2.24, 2.45) is 0 Å². The van der Waals surface area contributed by atoms with Crippen molar-refractivity contribution in [1.29, 1.82) is 0 Å². The molecule has 0 aromatic carbocycles. The smallest absolute Gasteiger partial charge is 0.350 e. The van der Waals surface area contributed by atoms with Gasteiger partial charge in [0.15, 0.2) is 0 Å². The lowest BCUT2D eigenvalue weighted by molar-refractivity contribution is -0.119. The van der Waals surface area contributed by atoms with E-state index in [1.807, 2.05) is 13.8 Å². The molecule has 0 fully saturated rings. The van der Waals surface area contributed by atoms with E-state index in [1.165, 1.54) is 13.1 Å². The molecule has 0 aliphatic heterocycles. The third-order valence-corrected chi connectivity index (χ3v) is 2.22. The first-order valence-electron chi connectivity index (χ1n) is 5.01. The predicted octanol–water partition coefficient (Wildman–Crippen LogP) is 3.25. The molecule has 0 aliphatic carbocycles. The number of anilines is 1. The fourth-order valence-electron chi connectivity index (χ4n) is 1.23. The molecule has 1 rings (SSSR count). The van der Waals surface area contributed by atoms with Gasteiger partial charge in [-0.15, -0.1) is 0 Å². The molecule has 0 bridgehead atoms. The van der Waals surface area contributed by atoms with Crippen LogP contribution in [0.4, 0.5) is 19.0 Å². The quantitative estimate of drug-likeness (QED) is 0.787. The van der Waals surface area contributed by atoms with E-state index < -0.39 is 12.7 Å². The number of hydrogen-bond acceptors (Lipinski definition) is 3. The summed E-state index contributed by atoms with van der Waals surface area (Å²) >= 11 is 5.75. The number of alkyl halides is 3. The maximum absolute atomic E-state index is 12.2. The molecule has 0 aliphatic rings. The Labute approximate surface area is 103 Å². The number of nitrogens with zero attached hydrogens (tertiary/aromatic N) is 3. The highest BCUT2D eigenvalue weighted by Crippen LogP contribution is 2.22. The van der Waals surface area contributed by atoms with Crippen molar-refractivity contribution in [1.82, 2.24) is 9.97 Å². The lowest BCUT2D eigenvalue weighted by Gasteiger charge is -2.20. The zero-order valence-electron chi connectivity index (χ0n) is 9.72. The molecule has 0 saturated carbocycles. The van der Waals surface area contributed by atoms with Gasteiger partial charge in [-0.25, -0.2) is 9.97 Å². The van der Waals surface area contributed by atoms with E-state index in [2.05, 4.69) is 9.97 Å². The Kier molecular flexibility index (Phi) is 4.19. The first-order chi connectivity index (χ1) is 7.69. The summed E-state index contributed by atoms with van der Waals surface area (Å²) < 4.78 is 36.7. The van der Waals surface area contributed by atoms with Crippen molar-refractivity contribution in [3.63, 3.8) is 0 Å². The van der Waals surface area contributed by atoms with Gasteiger partial charge >= 0.3 is 6.18 Å². The summed E-state index contributed by atoms with van der Waals surface area (Å²) in [6.07, 6.45) is -4.27. The molecule has 0 radical (unpaired) electrons. The van der Waals surface area contributed by atoms with E-state index in [0.29, 0.717) is 5.82 Å². The molecule has 96 valence electrons. The zero-order valence-corrected chi connectivity index (χ0v) is 10.5. The van der Waals surface area contributed by atoms with Crippen LogP contribution in [0.2, 0.25) is 5.15 Å². The summed E-state index contributed by atoms with van der Waals surface area (Å²) in [6.45, 7) is 2.62. The largest absolute Gasteiger partial charge is 0.405 e. The summed E-state index contributed by atoms with van der Waals surface area (Å²) in [5.41, 5.74) is 0. The highest BCUT2D eigenvalue weighted by molar-refractivity contribution is 6.29. The van der Waals surface area contributed by atoms with Crippen molar-refractivity contribution < 1.29 is 13.2 Å². The topological polar surface area (TPSA) is 29.0 Å². The van der Waals surface area contributed by atoms with Crippen LogP contribution in [-0.4, -0.2) is 29.7 Å². The Bertz CT molecular complexity index is 393. The van der Waals surface area contributed by atoms with E-state index in [0.717, 1.165) is 4.90 Å². The van der Waals surface area contributed by atoms with Crippen LogP contribution in [0.15, 0.2) is 6.07 Å². The van der Waals surface area contributed by atoms with Crippen molar-refractivity contribution in [3.05, 3.63) is 17.0 Å². The molecule has 1 aromatic rings. The summed E-state index contributed by atoms with van der Waals surface area (Å²) in [5.74, 6) is 0.610. The van der Waals surface area contributed by atoms with Gasteiger partial charge in [0.1, 0.15) is 23.3 Å². The van der Waals surface area contributed by atoms with Gasteiger partial charge in [-0.05, 0) is 0 Å². The fourth-order valence-corrected chi connectivity index (χ4v) is 1.41. The molecule has 1 aromatic heterocycles. The molecule has 17 heavy (non-hydrogen) atoms. The van der Waals surface area contributed by atoms with Crippen molar-refractivity contribution >= 4 is 17.4 Å². The molecule has 0 saturated heterocycles. The van der Waals surface area contributed by atoms with Crippen LogP contribution in [0.3, 0.4) is 0 Å². The first-order valence-corrected chi connectivity index (χ1v) is 5.39. The normalized spacial score (nSPS) is 12.0. The minimum Gasteiger partial charge on any atom is -0.350 e. The molecule has 0 spiro atoms. The van der Waals surface area contributed by atoms with E-state index in [4.69, 9.17) is 11.6 Å². The van der Waals surface area contributed by atoms with Gasteiger partial charge in [0.2, 0.25) is 0 Å². The Morgan fingerprint density at radius 1 is 1.35 bits per heavy atom. The maximum Gasteiger partial charge on any atom is 0.405 e. The maximum atomic E-state index is 12.2. The van der Waals surface area contributed by atoms with Gasteiger partial charge in [-0.1, -0.05) is 25.4 Å². The van der Waals surface area contributed by atoms with Gasteiger partial charge < -0.3 is 4.90 Å². The van der Waals surface area contributed by atoms with Gasteiger partial charge in [0.05, 0.1) is 0 Å². The highest BCUT2D eigenvalue weighted by atomic mass is 35.5. The van der Waals surface area contributed by atoms with Crippen LogP contribution >= 0.6 is 11.6 Å². The lowest BCUT2D eigenvalue weighted by Crippen LogP contribution is -2.31. The predicted molar refractivity (Wildman–Crippen MR) is 60.5 cm³/mol. The molecule has 7 heteroatoms.